The highest BCUT2D eigenvalue weighted by atomic mass is 16.3. The zero-order valence-corrected chi connectivity index (χ0v) is 10.9. The van der Waals surface area contributed by atoms with Crippen molar-refractivity contribution in [2.75, 3.05) is 0 Å². The molecule has 0 aromatic heterocycles. The highest BCUT2D eigenvalue weighted by Gasteiger charge is 2.22. The number of aliphatic hydroxyl groups is 2. The van der Waals surface area contributed by atoms with Crippen LogP contribution in [-0.2, 0) is 0 Å². The fraction of sp³-hybridized carbons (Fsp3) is 1.00. The Kier molecular flexibility index (Phi) is 7.15. The average molecular weight is 232 g/mol. The number of rotatable bonds is 7. The van der Waals surface area contributed by atoms with Crippen molar-refractivity contribution in [3.8, 4) is 0 Å². The molecule has 0 fully saturated rings. The van der Waals surface area contributed by atoms with Crippen LogP contribution in [0.2, 0.25) is 0 Å². The van der Waals surface area contributed by atoms with E-state index in [0.29, 0.717) is 12.8 Å². The molecule has 0 aromatic carbocycles. The van der Waals surface area contributed by atoms with Gasteiger partial charge in [-0.3, -0.25) is 0 Å². The largest absolute Gasteiger partial charge is 0.392 e. The summed E-state index contributed by atoms with van der Waals surface area (Å²) in [7, 11) is 0. The van der Waals surface area contributed by atoms with E-state index in [1.54, 1.807) is 0 Å². The molecule has 0 rings (SSSR count). The van der Waals surface area contributed by atoms with E-state index in [9.17, 15) is 10.2 Å². The van der Waals surface area contributed by atoms with Gasteiger partial charge >= 0.3 is 0 Å². The van der Waals surface area contributed by atoms with Gasteiger partial charge in [0, 0.05) is 12.1 Å². The first-order valence-electron chi connectivity index (χ1n) is 6.14. The van der Waals surface area contributed by atoms with E-state index in [2.05, 4.69) is 0 Å². The van der Waals surface area contributed by atoms with E-state index in [1.165, 1.54) is 0 Å². The van der Waals surface area contributed by atoms with E-state index >= 15 is 0 Å². The summed E-state index contributed by atoms with van der Waals surface area (Å²) in [5.41, 5.74) is 11.6. The molecule has 4 nitrogen and oxygen atoms in total. The van der Waals surface area contributed by atoms with Crippen molar-refractivity contribution in [3.05, 3.63) is 0 Å². The lowest BCUT2D eigenvalue weighted by molar-refractivity contribution is 0.0692. The maximum absolute atomic E-state index is 9.78. The van der Waals surface area contributed by atoms with Gasteiger partial charge in [0.05, 0.1) is 12.2 Å². The molecule has 0 radical (unpaired) electrons. The minimum absolute atomic E-state index is 0.234. The van der Waals surface area contributed by atoms with Crippen molar-refractivity contribution < 1.29 is 10.2 Å². The first kappa shape index (κ1) is 15.8. The van der Waals surface area contributed by atoms with Crippen LogP contribution in [0.4, 0.5) is 0 Å². The first-order valence-corrected chi connectivity index (χ1v) is 6.14. The number of aliphatic hydroxyl groups excluding tert-OH is 2. The summed E-state index contributed by atoms with van der Waals surface area (Å²) in [5.74, 6) is 0.483. The van der Waals surface area contributed by atoms with E-state index in [-0.39, 0.29) is 23.9 Å². The Balaban J connectivity index is 3.96. The summed E-state index contributed by atoms with van der Waals surface area (Å²) < 4.78 is 0. The highest BCUT2D eigenvalue weighted by molar-refractivity contribution is 4.79. The molecule has 0 aromatic rings. The summed E-state index contributed by atoms with van der Waals surface area (Å²) >= 11 is 0. The topological polar surface area (TPSA) is 92.5 Å². The smallest absolute Gasteiger partial charge is 0.0694 e. The Labute approximate surface area is 99.0 Å². The maximum Gasteiger partial charge on any atom is 0.0694 e. The van der Waals surface area contributed by atoms with Gasteiger partial charge in [-0.15, -0.1) is 0 Å². The van der Waals surface area contributed by atoms with Gasteiger partial charge in [-0.2, -0.15) is 0 Å². The number of hydrogen-bond acceptors (Lipinski definition) is 4. The van der Waals surface area contributed by atoms with Gasteiger partial charge in [0.25, 0.3) is 0 Å². The second-order valence-electron chi connectivity index (χ2n) is 5.35. The SMILES string of the molecule is CC(C)[C@@H](N)[C@H](O)CC[C@@H](O)[C@@H](N)C(C)C. The standard InChI is InChI=1S/C12H28N2O2/c1-7(2)11(13)9(15)5-6-10(16)12(14)8(3)4/h7-12,15-16H,5-6,13-14H2,1-4H3/t9-,10-,11-,12+/m1/s1. The number of nitrogens with two attached hydrogens (primary N) is 2. The monoisotopic (exact) mass is 232 g/mol. The van der Waals surface area contributed by atoms with Crippen LogP contribution < -0.4 is 11.5 Å². The Morgan fingerprint density at radius 1 is 0.750 bits per heavy atom. The van der Waals surface area contributed by atoms with Crippen molar-refractivity contribution in [2.24, 2.45) is 23.3 Å². The molecule has 0 heterocycles. The van der Waals surface area contributed by atoms with E-state index in [4.69, 9.17) is 11.5 Å². The van der Waals surface area contributed by atoms with Gasteiger partial charge in [-0.1, -0.05) is 27.7 Å². The van der Waals surface area contributed by atoms with Crippen molar-refractivity contribution in [3.63, 3.8) is 0 Å². The lowest BCUT2D eigenvalue weighted by Crippen LogP contribution is -2.42. The second-order valence-corrected chi connectivity index (χ2v) is 5.35. The molecule has 0 saturated heterocycles. The molecule has 0 saturated carbocycles. The molecule has 6 N–H and O–H groups in total. The zero-order chi connectivity index (χ0) is 12.9. The fourth-order valence-corrected chi connectivity index (χ4v) is 1.62. The normalized spacial score (nSPS) is 19.9. The third kappa shape index (κ3) is 5.25. The van der Waals surface area contributed by atoms with E-state index in [1.807, 2.05) is 27.7 Å². The Hall–Kier alpha value is -0.160. The van der Waals surface area contributed by atoms with Crippen LogP contribution in [0.25, 0.3) is 0 Å². The van der Waals surface area contributed by atoms with Crippen LogP contribution in [0, 0.1) is 11.8 Å². The van der Waals surface area contributed by atoms with Crippen molar-refractivity contribution in [2.45, 2.75) is 64.8 Å². The van der Waals surface area contributed by atoms with Crippen LogP contribution in [0.3, 0.4) is 0 Å². The lowest BCUT2D eigenvalue weighted by atomic mass is 9.91. The lowest BCUT2D eigenvalue weighted by Gasteiger charge is -2.26. The fourth-order valence-electron chi connectivity index (χ4n) is 1.62. The molecule has 16 heavy (non-hydrogen) atoms. The van der Waals surface area contributed by atoms with Crippen LogP contribution in [-0.4, -0.2) is 34.5 Å². The summed E-state index contributed by atoms with van der Waals surface area (Å²) in [6, 6.07) is -0.468. The predicted molar refractivity (Wildman–Crippen MR) is 66.9 cm³/mol. The molecule has 0 bridgehead atoms. The van der Waals surface area contributed by atoms with Crippen LogP contribution >= 0.6 is 0 Å². The predicted octanol–water partition coefficient (Wildman–Crippen LogP) is 0.455. The van der Waals surface area contributed by atoms with Gasteiger partial charge in [0.1, 0.15) is 0 Å². The van der Waals surface area contributed by atoms with Crippen molar-refractivity contribution >= 4 is 0 Å². The first-order chi connectivity index (χ1) is 7.27. The molecule has 0 unspecified atom stereocenters. The second kappa shape index (κ2) is 7.22. The Bertz CT molecular complexity index is 166. The quantitative estimate of drug-likeness (QED) is 0.513. The van der Waals surface area contributed by atoms with Gasteiger partial charge in [0.2, 0.25) is 0 Å². The summed E-state index contributed by atoms with van der Waals surface area (Å²) in [5, 5.41) is 19.6. The minimum Gasteiger partial charge on any atom is -0.392 e. The number of hydrogen-bond donors (Lipinski definition) is 4. The van der Waals surface area contributed by atoms with Gasteiger partial charge in [-0.05, 0) is 24.7 Å². The third-order valence-corrected chi connectivity index (χ3v) is 3.19. The molecule has 4 heteroatoms. The van der Waals surface area contributed by atoms with Crippen molar-refractivity contribution in [1.29, 1.82) is 0 Å². The van der Waals surface area contributed by atoms with Gasteiger partial charge in [0.15, 0.2) is 0 Å². The highest BCUT2D eigenvalue weighted by Crippen LogP contribution is 2.14. The molecular formula is C12H28N2O2. The van der Waals surface area contributed by atoms with Crippen LogP contribution in [0.5, 0.6) is 0 Å². The van der Waals surface area contributed by atoms with E-state index in [0.717, 1.165) is 0 Å². The molecular weight excluding hydrogens is 204 g/mol. The molecule has 4 atom stereocenters. The van der Waals surface area contributed by atoms with Crippen LogP contribution in [0.15, 0.2) is 0 Å². The van der Waals surface area contributed by atoms with Crippen molar-refractivity contribution in [1.82, 2.24) is 0 Å². The Morgan fingerprint density at radius 2 is 1.00 bits per heavy atom. The molecule has 0 amide bonds. The molecule has 0 aliphatic rings. The summed E-state index contributed by atoms with van der Waals surface area (Å²) in [6.07, 6.45) is -0.120. The molecule has 0 spiro atoms. The van der Waals surface area contributed by atoms with Gasteiger partial charge < -0.3 is 21.7 Å². The molecule has 0 aliphatic carbocycles. The Morgan fingerprint density at radius 3 is 1.19 bits per heavy atom. The summed E-state index contributed by atoms with van der Waals surface area (Å²) in [4.78, 5) is 0. The molecule has 0 aliphatic heterocycles. The van der Waals surface area contributed by atoms with E-state index < -0.39 is 12.2 Å². The minimum atomic E-state index is -0.561. The van der Waals surface area contributed by atoms with Gasteiger partial charge in [-0.25, -0.2) is 0 Å². The average Bonchev–Trinajstić information content (AvgIpc) is 2.22. The molecule has 98 valence electrons. The van der Waals surface area contributed by atoms with Crippen LogP contribution in [0.1, 0.15) is 40.5 Å². The maximum atomic E-state index is 9.78. The zero-order valence-electron chi connectivity index (χ0n) is 10.9. The summed E-state index contributed by atoms with van der Waals surface area (Å²) in [6.45, 7) is 7.91. The third-order valence-electron chi connectivity index (χ3n) is 3.19.